The Morgan fingerprint density at radius 3 is 2.25 bits per heavy atom. The van der Waals surface area contributed by atoms with Crippen LogP contribution in [0.1, 0.15) is 48.0 Å². The number of hydrogen-bond donors (Lipinski definition) is 0. The van der Waals surface area contributed by atoms with Crippen LogP contribution in [0.15, 0.2) is 52.3 Å². The van der Waals surface area contributed by atoms with E-state index in [1.807, 2.05) is 0 Å². The first-order valence-electron chi connectivity index (χ1n) is 10.6. The molecule has 0 N–H and O–H groups in total. The van der Waals surface area contributed by atoms with E-state index in [0.717, 1.165) is 42.0 Å². The summed E-state index contributed by atoms with van der Waals surface area (Å²) < 4.78 is 50.6. The van der Waals surface area contributed by atoms with Crippen molar-refractivity contribution in [1.29, 1.82) is 0 Å². The first-order chi connectivity index (χ1) is 15.0. The molecule has 0 bridgehead atoms. The molecular formula is C23H28N2O5S2. The Kier molecular flexibility index (Phi) is 5.71. The molecule has 1 fully saturated rings. The van der Waals surface area contributed by atoms with Gasteiger partial charge in [-0.25, -0.2) is 21.1 Å². The summed E-state index contributed by atoms with van der Waals surface area (Å²) in [6.07, 6.45) is 6.17. The molecule has 32 heavy (non-hydrogen) atoms. The Labute approximate surface area is 190 Å². The number of anilines is 1. The standard InChI is InChI=1S/C23H28N2O5S2/c1-24(2)32(29,30)19-9-7-8-17(14-19)22(26)25-16-23(12-5-4-6-13-23)20-15-18(31(3,27)28)10-11-21(20)25/h7-11,14-15H,4-6,12-13,16H2,1-3H3. The fraction of sp³-hybridized carbons (Fsp3) is 0.435. The number of sulfonamides is 1. The third-order valence-electron chi connectivity index (χ3n) is 6.63. The normalized spacial score (nSPS) is 18.2. The molecule has 7 nitrogen and oxygen atoms in total. The molecule has 2 aliphatic rings. The van der Waals surface area contributed by atoms with Gasteiger partial charge in [0.1, 0.15) is 0 Å². The van der Waals surface area contributed by atoms with Crippen LogP contribution < -0.4 is 4.90 Å². The molecule has 1 aliphatic carbocycles. The van der Waals surface area contributed by atoms with Gasteiger partial charge in [-0.3, -0.25) is 4.79 Å². The molecule has 0 unspecified atom stereocenters. The van der Waals surface area contributed by atoms with E-state index in [1.54, 1.807) is 35.2 Å². The molecule has 1 spiro atoms. The zero-order valence-corrected chi connectivity index (χ0v) is 20.2. The smallest absolute Gasteiger partial charge is 0.258 e. The highest BCUT2D eigenvalue weighted by molar-refractivity contribution is 7.90. The zero-order chi connectivity index (χ0) is 23.3. The van der Waals surface area contributed by atoms with Crippen LogP contribution in [0.25, 0.3) is 0 Å². The van der Waals surface area contributed by atoms with Gasteiger partial charge in [0, 0.05) is 43.6 Å². The van der Waals surface area contributed by atoms with E-state index in [4.69, 9.17) is 0 Å². The fourth-order valence-corrected chi connectivity index (χ4v) is 6.47. The lowest BCUT2D eigenvalue weighted by molar-refractivity contribution is 0.0982. The predicted octanol–water partition coefficient (Wildman–Crippen LogP) is 3.20. The van der Waals surface area contributed by atoms with E-state index in [1.165, 1.54) is 32.5 Å². The van der Waals surface area contributed by atoms with Crippen molar-refractivity contribution in [3.8, 4) is 0 Å². The van der Waals surface area contributed by atoms with Gasteiger partial charge in [0.25, 0.3) is 5.91 Å². The number of sulfone groups is 1. The minimum absolute atomic E-state index is 0.0626. The van der Waals surface area contributed by atoms with Gasteiger partial charge < -0.3 is 4.90 Å². The third-order valence-corrected chi connectivity index (χ3v) is 9.56. The Morgan fingerprint density at radius 2 is 1.62 bits per heavy atom. The molecule has 172 valence electrons. The van der Waals surface area contributed by atoms with Crippen molar-refractivity contribution < 1.29 is 21.6 Å². The zero-order valence-electron chi connectivity index (χ0n) is 18.5. The van der Waals surface area contributed by atoms with Gasteiger partial charge in [-0.05, 0) is 54.8 Å². The quantitative estimate of drug-likeness (QED) is 0.676. The van der Waals surface area contributed by atoms with E-state index >= 15 is 0 Å². The topological polar surface area (TPSA) is 91.8 Å². The van der Waals surface area contributed by atoms with Crippen molar-refractivity contribution in [1.82, 2.24) is 4.31 Å². The van der Waals surface area contributed by atoms with Gasteiger partial charge in [0.05, 0.1) is 9.79 Å². The Bertz CT molecular complexity index is 1280. The summed E-state index contributed by atoms with van der Waals surface area (Å²) >= 11 is 0. The molecule has 1 heterocycles. The second kappa shape index (κ2) is 7.97. The Morgan fingerprint density at radius 1 is 0.938 bits per heavy atom. The average Bonchev–Trinajstić information content (AvgIpc) is 3.06. The fourth-order valence-electron chi connectivity index (χ4n) is 4.87. The van der Waals surface area contributed by atoms with Crippen molar-refractivity contribution >= 4 is 31.5 Å². The molecule has 2 aromatic carbocycles. The van der Waals surface area contributed by atoms with Gasteiger partial charge in [-0.1, -0.05) is 25.3 Å². The molecule has 0 atom stereocenters. The first kappa shape index (κ1) is 22.9. The van der Waals surface area contributed by atoms with E-state index in [2.05, 4.69) is 0 Å². The van der Waals surface area contributed by atoms with Crippen LogP contribution in [0.3, 0.4) is 0 Å². The summed E-state index contributed by atoms with van der Waals surface area (Å²) in [7, 11) is -4.14. The minimum atomic E-state index is -3.67. The molecule has 4 rings (SSSR count). The van der Waals surface area contributed by atoms with E-state index in [9.17, 15) is 21.6 Å². The van der Waals surface area contributed by atoms with Crippen molar-refractivity contribution in [2.45, 2.75) is 47.3 Å². The number of rotatable bonds is 4. The van der Waals surface area contributed by atoms with Gasteiger partial charge in [-0.2, -0.15) is 0 Å². The van der Waals surface area contributed by atoms with Crippen LogP contribution in [-0.4, -0.2) is 53.9 Å². The lowest BCUT2D eigenvalue weighted by Gasteiger charge is -2.34. The summed E-state index contributed by atoms with van der Waals surface area (Å²) in [5.41, 5.74) is 1.65. The van der Waals surface area contributed by atoms with E-state index in [0.29, 0.717) is 17.8 Å². The van der Waals surface area contributed by atoms with Crippen molar-refractivity contribution in [2.75, 3.05) is 31.8 Å². The lowest BCUT2D eigenvalue weighted by Crippen LogP contribution is -2.38. The summed E-state index contributed by atoms with van der Waals surface area (Å²) in [6.45, 7) is 0.471. The highest BCUT2D eigenvalue weighted by atomic mass is 32.2. The number of benzene rings is 2. The molecular weight excluding hydrogens is 448 g/mol. The summed E-state index contributed by atoms with van der Waals surface area (Å²) in [6, 6.07) is 11.1. The van der Waals surface area contributed by atoms with Crippen LogP contribution in [0.5, 0.6) is 0 Å². The van der Waals surface area contributed by atoms with Gasteiger partial charge in [0.15, 0.2) is 9.84 Å². The Balaban J connectivity index is 1.79. The SMILES string of the molecule is CN(C)S(=O)(=O)c1cccc(C(=O)N2CC3(CCCCC3)c3cc(S(C)(=O)=O)ccc32)c1. The monoisotopic (exact) mass is 476 g/mol. The number of fused-ring (bicyclic) bond motifs is 2. The lowest BCUT2D eigenvalue weighted by atomic mass is 9.71. The maximum Gasteiger partial charge on any atom is 0.258 e. The van der Waals surface area contributed by atoms with Gasteiger partial charge in [0.2, 0.25) is 10.0 Å². The molecule has 1 aliphatic heterocycles. The van der Waals surface area contributed by atoms with E-state index in [-0.39, 0.29) is 21.1 Å². The van der Waals surface area contributed by atoms with Crippen LogP contribution >= 0.6 is 0 Å². The molecule has 9 heteroatoms. The highest BCUT2D eigenvalue weighted by Gasteiger charge is 2.45. The first-order valence-corrected chi connectivity index (χ1v) is 14.0. The second-order valence-corrected chi connectivity index (χ2v) is 13.2. The van der Waals surface area contributed by atoms with Crippen molar-refractivity contribution in [3.05, 3.63) is 53.6 Å². The predicted molar refractivity (Wildman–Crippen MR) is 123 cm³/mol. The van der Waals surface area contributed by atoms with Crippen molar-refractivity contribution in [2.24, 2.45) is 0 Å². The largest absolute Gasteiger partial charge is 0.307 e. The van der Waals surface area contributed by atoms with Crippen LogP contribution in [0.4, 0.5) is 5.69 Å². The van der Waals surface area contributed by atoms with Crippen molar-refractivity contribution in [3.63, 3.8) is 0 Å². The maximum absolute atomic E-state index is 13.6. The number of carbonyl (C=O) groups is 1. The molecule has 1 amide bonds. The average molecular weight is 477 g/mol. The summed E-state index contributed by atoms with van der Waals surface area (Å²) in [5.74, 6) is -0.281. The number of carbonyl (C=O) groups excluding carboxylic acids is 1. The highest BCUT2D eigenvalue weighted by Crippen LogP contribution is 2.50. The number of hydrogen-bond acceptors (Lipinski definition) is 5. The molecule has 0 saturated heterocycles. The third kappa shape index (κ3) is 3.86. The second-order valence-electron chi connectivity index (χ2n) is 9.00. The molecule has 0 aromatic heterocycles. The molecule has 0 radical (unpaired) electrons. The molecule has 1 saturated carbocycles. The minimum Gasteiger partial charge on any atom is -0.307 e. The van der Waals surface area contributed by atoms with E-state index < -0.39 is 19.9 Å². The number of nitrogens with zero attached hydrogens (tertiary/aromatic N) is 2. The van der Waals surface area contributed by atoms with Crippen LogP contribution in [0, 0.1) is 0 Å². The van der Waals surface area contributed by atoms with Gasteiger partial charge >= 0.3 is 0 Å². The van der Waals surface area contributed by atoms with Crippen LogP contribution in [-0.2, 0) is 25.3 Å². The molecule has 2 aromatic rings. The van der Waals surface area contributed by atoms with Crippen LogP contribution in [0.2, 0.25) is 0 Å². The summed E-state index contributed by atoms with van der Waals surface area (Å²) in [4.78, 5) is 15.6. The van der Waals surface area contributed by atoms with Gasteiger partial charge in [-0.15, -0.1) is 0 Å². The summed E-state index contributed by atoms with van der Waals surface area (Å²) in [5, 5.41) is 0. The maximum atomic E-state index is 13.6. The number of amides is 1. The Hall–Kier alpha value is -2.23.